The molecule has 2 aromatic rings. The number of carbonyl (C=O) groups excluding carboxylic acids is 2. The third-order valence-electron chi connectivity index (χ3n) is 5.47. The Morgan fingerprint density at radius 3 is 2.41 bits per heavy atom. The lowest BCUT2D eigenvalue weighted by Crippen LogP contribution is -2.39. The number of nitrogens with one attached hydrogen (secondary N) is 2. The molecule has 2 aromatic carbocycles. The molecule has 184 valence electrons. The Labute approximate surface area is 195 Å². The van der Waals surface area contributed by atoms with E-state index in [-0.39, 0.29) is 35.6 Å². The first kappa shape index (κ1) is 25.4. The molecule has 3 rings (SSSR count). The van der Waals surface area contributed by atoms with Crippen molar-refractivity contribution < 1.29 is 32.6 Å². The second kappa shape index (κ2) is 9.92. The summed E-state index contributed by atoms with van der Waals surface area (Å²) in [6, 6.07) is 8.24. The molecule has 1 atom stereocenters. The summed E-state index contributed by atoms with van der Waals surface area (Å²) in [5.41, 5.74) is -1.71. The molecular formula is C24H28F3N3O4. The van der Waals surface area contributed by atoms with Crippen LogP contribution in [0.5, 0.6) is 11.5 Å². The monoisotopic (exact) mass is 479 g/mol. The molecule has 7 nitrogen and oxygen atoms in total. The van der Waals surface area contributed by atoms with Crippen molar-refractivity contribution in [3.8, 4) is 11.5 Å². The van der Waals surface area contributed by atoms with Gasteiger partial charge in [0.05, 0.1) is 17.7 Å². The smallest absolute Gasteiger partial charge is 0.416 e. The van der Waals surface area contributed by atoms with Crippen LogP contribution in [0.1, 0.15) is 42.6 Å². The van der Waals surface area contributed by atoms with Gasteiger partial charge in [-0.3, -0.25) is 4.79 Å². The number of hydrogen-bond donors (Lipinski definition) is 3. The van der Waals surface area contributed by atoms with Gasteiger partial charge in [-0.05, 0) is 55.2 Å². The van der Waals surface area contributed by atoms with Gasteiger partial charge in [0.15, 0.2) is 0 Å². The molecule has 34 heavy (non-hydrogen) atoms. The molecule has 0 spiro atoms. The molecule has 1 fully saturated rings. The molecule has 1 aliphatic rings. The molecule has 0 aliphatic carbocycles. The highest BCUT2D eigenvalue weighted by Gasteiger charge is 2.39. The van der Waals surface area contributed by atoms with Crippen LogP contribution in [0.2, 0.25) is 0 Å². The molecule has 0 aromatic heterocycles. The Morgan fingerprint density at radius 1 is 1.15 bits per heavy atom. The summed E-state index contributed by atoms with van der Waals surface area (Å²) in [6.45, 7) is 4.35. The van der Waals surface area contributed by atoms with E-state index in [0.717, 1.165) is 12.1 Å². The van der Waals surface area contributed by atoms with E-state index >= 15 is 0 Å². The van der Waals surface area contributed by atoms with Crippen molar-refractivity contribution >= 4 is 17.6 Å². The zero-order valence-electron chi connectivity index (χ0n) is 19.2. The SMILES string of the molecule is CNC(=O)c1ccc(Oc2cc(NC(=O)N3CCC(O)(CC(C)C)C3)cc(C(F)(F)F)c2)cc1. The standard InChI is InChI=1S/C24H28F3N3O4/c1-15(2)13-23(33)8-9-30(14-23)22(32)29-18-10-17(24(25,26)27)11-20(12-18)34-19-6-4-16(5-7-19)21(31)28-3/h4-7,10-12,15,33H,8-9,13-14H2,1-3H3,(H,28,31)(H,29,32). The second-order valence-electron chi connectivity index (χ2n) is 8.87. The highest BCUT2D eigenvalue weighted by Crippen LogP contribution is 2.36. The van der Waals surface area contributed by atoms with Crippen molar-refractivity contribution in [2.75, 3.05) is 25.5 Å². The largest absolute Gasteiger partial charge is 0.457 e. The number of aliphatic hydroxyl groups is 1. The maximum atomic E-state index is 13.5. The van der Waals surface area contributed by atoms with Crippen molar-refractivity contribution in [3.63, 3.8) is 0 Å². The maximum Gasteiger partial charge on any atom is 0.416 e. The van der Waals surface area contributed by atoms with E-state index in [1.807, 2.05) is 13.8 Å². The minimum atomic E-state index is -4.66. The third-order valence-corrected chi connectivity index (χ3v) is 5.47. The molecule has 10 heteroatoms. The highest BCUT2D eigenvalue weighted by molar-refractivity contribution is 5.94. The fourth-order valence-corrected chi connectivity index (χ4v) is 4.01. The molecule has 1 unspecified atom stereocenters. The summed E-state index contributed by atoms with van der Waals surface area (Å²) >= 11 is 0. The number of anilines is 1. The van der Waals surface area contributed by atoms with E-state index in [1.165, 1.54) is 42.3 Å². The van der Waals surface area contributed by atoms with Gasteiger partial charge in [-0.15, -0.1) is 0 Å². The van der Waals surface area contributed by atoms with Crippen LogP contribution in [0.3, 0.4) is 0 Å². The van der Waals surface area contributed by atoms with Crippen molar-refractivity contribution in [1.29, 1.82) is 0 Å². The Hall–Kier alpha value is -3.27. The van der Waals surface area contributed by atoms with Gasteiger partial charge in [0.2, 0.25) is 0 Å². The first-order valence-corrected chi connectivity index (χ1v) is 10.9. The molecule has 0 saturated carbocycles. The van der Waals surface area contributed by atoms with E-state index in [0.29, 0.717) is 24.9 Å². The fraction of sp³-hybridized carbons (Fsp3) is 0.417. The topological polar surface area (TPSA) is 90.9 Å². The number of halogens is 3. The van der Waals surface area contributed by atoms with E-state index in [2.05, 4.69) is 10.6 Å². The molecule has 3 amide bonds. The van der Waals surface area contributed by atoms with Crippen molar-refractivity contribution in [1.82, 2.24) is 10.2 Å². The number of urea groups is 1. The predicted molar refractivity (Wildman–Crippen MR) is 121 cm³/mol. The number of rotatable bonds is 6. The Morgan fingerprint density at radius 2 is 1.82 bits per heavy atom. The number of alkyl halides is 3. The van der Waals surface area contributed by atoms with Crippen LogP contribution in [-0.2, 0) is 6.18 Å². The molecule has 3 N–H and O–H groups in total. The lowest BCUT2D eigenvalue weighted by molar-refractivity contribution is -0.137. The minimum absolute atomic E-state index is 0.0869. The van der Waals surface area contributed by atoms with Crippen LogP contribution in [0, 0.1) is 5.92 Å². The van der Waals surface area contributed by atoms with Gasteiger partial charge in [0.25, 0.3) is 5.91 Å². The number of hydrogen-bond acceptors (Lipinski definition) is 4. The van der Waals surface area contributed by atoms with Gasteiger partial charge in [0, 0.05) is 30.9 Å². The van der Waals surface area contributed by atoms with Gasteiger partial charge < -0.3 is 25.4 Å². The van der Waals surface area contributed by atoms with E-state index in [4.69, 9.17) is 4.74 Å². The average Bonchev–Trinajstić information content (AvgIpc) is 3.14. The summed E-state index contributed by atoms with van der Waals surface area (Å²) < 4.78 is 46.0. The van der Waals surface area contributed by atoms with Crippen LogP contribution >= 0.6 is 0 Å². The molecule has 1 aliphatic heterocycles. The second-order valence-corrected chi connectivity index (χ2v) is 8.87. The van der Waals surface area contributed by atoms with Gasteiger partial charge >= 0.3 is 12.2 Å². The molecule has 0 radical (unpaired) electrons. The van der Waals surface area contributed by atoms with Gasteiger partial charge in [-0.2, -0.15) is 13.2 Å². The molecular weight excluding hydrogens is 451 g/mol. The summed E-state index contributed by atoms with van der Waals surface area (Å²) in [5.74, 6) is 0.0255. The Bertz CT molecular complexity index is 1040. The zero-order valence-corrected chi connectivity index (χ0v) is 19.2. The van der Waals surface area contributed by atoms with Gasteiger partial charge in [-0.25, -0.2) is 4.79 Å². The van der Waals surface area contributed by atoms with E-state index in [1.54, 1.807) is 0 Å². The first-order valence-electron chi connectivity index (χ1n) is 10.9. The maximum absolute atomic E-state index is 13.5. The van der Waals surface area contributed by atoms with Gasteiger partial charge in [-0.1, -0.05) is 13.8 Å². The molecule has 0 bridgehead atoms. The van der Waals surface area contributed by atoms with E-state index < -0.39 is 23.4 Å². The van der Waals surface area contributed by atoms with Crippen LogP contribution in [0.4, 0.5) is 23.7 Å². The molecule has 1 heterocycles. The van der Waals surface area contributed by atoms with Crippen molar-refractivity contribution in [3.05, 3.63) is 53.6 Å². The zero-order chi connectivity index (χ0) is 25.1. The van der Waals surface area contributed by atoms with Crippen LogP contribution in [0.15, 0.2) is 42.5 Å². The summed E-state index contributed by atoms with van der Waals surface area (Å²) in [6.07, 6.45) is -3.73. The normalized spacial score (nSPS) is 18.2. The predicted octanol–water partition coefficient (Wildman–Crippen LogP) is 4.87. The third kappa shape index (κ3) is 6.40. The highest BCUT2D eigenvalue weighted by atomic mass is 19.4. The summed E-state index contributed by atoms with van der Waals surface area (Å²) in [4.78, 5) is 25.7. The van der Waals surface area contributed by atoms with Crippen LogP contribution < -0.4 is 15.4 Å². The average molecular weight is 479 g/mol. The number of likely N-dealkylation sites (tertiary alicyclic amines) is 1. The van der Waals surface area contributed by atoms with Crippen LogP contribution in [-0.4, -0.2) is 47.7 Å². The number of carbonyl (C=O) groups is 2. The Balaban J connectivity index is 1.78. The number of nitrogens with zero attached hydrogens (tertiary/aromatic N) is 1. The quantitative estimate of drug-likeness (QED) is 0.551. The van der Waals surface area contributed by atoms with Gasteiger partial charge in [0.1, 0.15) is 11.5 Å². The minimum Gasteiger partial charge on any atom is -0.457 e. The summed E-state index contributed by atoms with van der Waals surface area (Å²) in [5, 5.41) is 15.6. The summed E-state index contributed by atoms with van der Waals surface area (Å²) in [7, 11) is 1.48. The van der Waals surface area contributed by atoms with Crippen molar-refractivity contribution in [2.24, 2.45) is 5.92 Å². The fourth-order valence-electron chi connectivity index (χ4n) is 4.01. The number of amides is 3. The van der Waals surface area contributed by atoms with Crippen molar-refractivity contribution in [2.45, 2.75) is 38.5 Å². The van der Waals surface area contributed by atoms with E-state index in [9.17, 15) is 27.9 Å². The Kier molecular flexibility index (Phi) is 7.40. The van der Waals surface area contributed by atoms with Crippen LogP contribution in [0.25, 0.3) is 0 Å². The lowest BCUT2D eigenvalue weighted by Gasteiger charge is -2.25. The lowest BCUT2D eigenvalue weighted by atomic mass is 9.92. The number of benzene rings is 2. The number of ether oxygens (including phenoxy) is 1. The number of β-amino-alcohol motifs (C(OH)–C–C–N with tert-alkyl or cyclic N) is 1. The molecule has 1 saturated heterocycles. The first-order chi connectivity index (χ1) is 15.9.